The minimum Gasteiger partial charge on any atom is -0.389 e. The van der Waals surface area contributed by atoms with Gasteiger partial charge in [-0.1, -0.05) is 30.3 Å². The van der Waals surface area contributed by atoms with Crippen molar-refractivity contribution in [2.75, 3.05) is 37.7 Å². The molecule has 1 atom stereocenters. The van der Waals surface area contributed by atoms with E-state index < -0.39 is 6.10 Å². The Labute approximate surface area is 147 Å². The van der Waals surface area contributed by atoms with Crippen molar-refractivity contribution in [2.24, 2.45) is 0 Å². The molecule has 0 radical (unpaired) electrons. The van der Waals surface area contributed by atoms with E-state index >= 15 is 0 Å². The molecule has 1 aromatic heterocycles. The number of β-amino-alcohol motifs (C(OH)–C–C–N with tert-alkyl or cyclic N) is 1. The first-order chi connectivity index (χ1) is 12.2. The van der Waals surface area contributed by atoms with E-state index in [1.165, 1.54) is 0 Å². The highest BCUT2D eigenvalue weighted by Gasteiger charge is 2.24. The molecule has 0 spiro atoms. The summed E-state index contributed by atoms with van der Waals surface area (Å²) in [5.41, 5.74) is 2.04. The summed E-state index contributed by atoms with van der Waals surface area (Å²) >= 11 is 0. The van der Waals surface area contributed by atoms with Gasteiger partial charge in [0.1, 0.15) is 6.61 Å². The number of aliphatic hydroxyl groups is 1. The molecule has 0 saturated carbocycles. The predicted octanol–water partition coefficient (Wildman–Crippen LogP) is 1.31. The summed E-state index contributed by atoms with van der Waals surface area (Å²) in [6, 6.07) is 13.6. The van der Waals surface area contributed by atoms with Crippen LogP contribution in [0.2, 0.25) is 0 Å². The standard InChI is InChI=1S/C19H23N3O3/c23-18-12-21(17-6-8-20-9-7-17)10-11-22(13-18)19(24)15-25-14-16-4-2-1-3-5-16/h1-9,18,23H,10-15H2/t18-/m1/s1. The number of hydrogen-bond donors (Lipinski definition) is 1. The van der Waals surface area contributed by atoms with Crippen molar-refractivity contribution in [3.8, 4) is 0 Å². The molecule has 0 aliphatic carbocycles. The Morgan fingerprint density at radius 1 is 1.12 bits per heavy atom. The van der Waals surface area contributed by atoms with E-state index in [0.717, 1.165) is 11.3 Å². The molecule has 1 aromatic carbocycles. The van der Waals surface area contributed by atoms with Crippen LogP contribution in [0.4, 0.5) is 5.69 Å². The van der Waals surface area contributed by atoms with Crippen molar-refractivity contribution in [1.82, 2.24) is 9.88 Å². The molecule has 1 aliphatic rings. The highest BCUT2D eigenvalue weighted by atomic mass is 16.5. The van der Waals surface area contributed by atoms with E-state index in [4.69, 9.17) is 4.74 Å². The zero-order chi connectivity index (χ0) is 17.5. The number of ether oxygens (including phenoxy) is 1. The molecule has 2 heterocycles. The van der Waals surface area contributed by atoms with Gasteiger partial charge in [0, 0.05) is 44.3 Å². The Bertz CT molecular complexity index is 666. The lowest BCUT2D eigenvalue weighted by molar-refractivity contribution is -0.137. The molecule has 1 fully saturated rings. The zero-order valence-electron chi connectivity index (χ0n) is 14.1. The number of aromatic nitrogens is 1. The Balaban J connectivity index is 1.51. The van der Waals surface area contributed by atoms with Crippen molar-refractivity contribution in [3.05, 3.63) is 60.4 Å². The molecule has 25 heavy (non-hydrogen) atoms. The summed E-state index contributed by atoms with van der Waals surface area (Å²) in [6.45, 7) is 2.50. The summed E-state index contributed by atoms with van der Waals surface area (Å²) < 4.78 is 5.53. The third-order valence-corrected chi connectivity index (χ3v) is 4.22. The van der Waals surface area contributed by atoms with Crippen molar-refractivity contribution < 1.29 is 14.6 Å². The third kappa shape index (κ3) is 5.01. The predicted molar refractivity (Wildman–Crippen MR) is 95.1 cm³/mol. The van der Waals surface area contributed by atoms with Crippen LogP contribution >= 0.6 is 0 Å². The van der Waals surface area contributed by atoms with Crippen molar-refractivity contribution in [3.63, 3.8) is 0 Å². The van der Waals surface area contributed by atoms with Crippen LogP contribution in [-0.4, -0.2) is 59.8 Å². The quantitative estimate of drug-likeness (QED) is 0.888. The van der Waals surface area contributed by atoms with E-state index in [0.29, 0.717) is 32.8 Å². The summed E-state index contributed by atoms with van der Waals surface area (Å²) in [4.78, 5) is 20.2. The summed E-state index contributed by atoms with van der Waals surface area (Å²) in [6.07, 6.45) is 2.87. The molecular formula is C19H23N3O3. The first kappa shape index (κ1) is 17.4. The van der Waals surface area contributed by atoms with Gasteiger partial charge >= 0.3 is 0 Å². The Morgan fingerprint density at radius 3 is 2.64 bits per heavy atom. The van der Waals surface area contributed by atoms with Crippen LogP contribution in [0.15, 0.2) is 54.9 Å². The Kier molecular flexibility index (Phi) is 5.98. The summed E-state index contributed by atoms with van der Waals surface area (Å²) in [5, 5.41) is 10.3. The van der Waals surface area contributed by atoms with Gasteiger partial charge in [-0.15, -0.1) is 0 Å². The van der Waals surface area contributed by atoms with E-state index in [1.54, 1.807) is 17.3 Å². The van der Waals surface area contributed by atoms with Gasteiger partial charge in [-0.05, 0) is 17.7 Å². The van der Waals surface area contributed by atoms with Gasteiger partial charge in [0.15, 0.2) is 0 Å². The molecule has 1 saturated heterocycles. The molecule has 1 amide bonds. The number of hydrogen-bond acceptors (Lipinski definition) is 5. The first-order valence-electron chi connectivity index (χ1n) is 8.45. The number of nitrogens with zero attached hydrogens (tertiary/aromatic N) is 3. The molecule has 6 nitrogen and oxygen atoms in total. The normalized spacial score (nSPS) is 18.0. The van der Waals surface area contributed by atoms with Gasteiger partial charge in [-0.25, -0.2) is 0 Å². The van der Waals surface area contributed by atoms with Crippen molar-refractivity contribution in [2.45, 2.75) is 12.7 Å². The van der Waals surface area contributed by atoms with E-state index in [1.807, 2.05) is 42.5 Å². The number of aliphatic hydroxyl groups excluding tert-OH is 1. The molecule has 3 rings (SSSR count). The topological polar surface area (TPSA) is 65.9 Å². The van der Waals surface area contributed by atoms with Crippen LogP contribution in [0.5, 0.6) is 0 Å². The maximum absolute atomic E-state index is 12.4. The number of pyridine rings is 1. The van der Waals surface area contributed by atoms with Gasteiger partial charge in [-0.2, -0.15) is 0 Å². The number of carbonyl (C=O) groups is 1. The molecule has 132 valence electrons. The summed E-state index contributed by atoms with van der Waals surface area (Å²) in [7, 11) is 0. The van der Waals surface area contributed by atoms with E-state index in [-0.39, 0.29) is 12.5 Å². The number of anilines is 1. The van der Waals surface area contributed by atoms with Crippen LogP contribution in [0.3, 0.4) is 0 Å². The van der Waals surface area contributed by atoms with Gasteiger partial charge < -0.3 is 19.6 Å². The molecule has 0 unspecified atom stereocenters. The highest BCUT2D eigenvalue weighted by Crippen LogP contribution is 2.15. The second kappa shape index (κ2) is 8.60. The van der Waals surface area contributed by atoms with E-state index in [9.17, 15) is 9.90 Å². The zero-order valence-corrected chi connectivity index (χ0v) is 14.1. The molecule has 1 aliphatic heterocycles. The van der Waals surface area contributed by atoms with Gasteiger partial charge in [0.05, 0.1) is 12.7 Å². The van der Waals surface area contributed by atoms with E-state index in [2.05, 4.69) is 9.88 Å². The monoisotopic (exact) mass is 341 g/mol. The fourth-order valence-electron chi connectivity index (χ4n) is 2.93. The van der Waals surface area contributed by atoms with Crippen molar-refractivity contribution >= 4 is 11.6 Å². The van der Waals surface area contributed by atoms with Gasteiger partial charge in [0.2, 0.25) is 5.91 Å². The highest BCUT2D eigenvalue weighted by molar-refractivity contribution is 5.77. The molecule has 2 aromatic rings. The largest absolute Gasteiger partial charge is 0.389 e. The van der Waals surface area contributed by atoms with Gasteiger partial charge in [0.25, 0.3) is 0 Å². The fraction of sp³-hybridized carbons (Fsp3) is 0.368. The number of rotatable bonds is 5. The third-order valence-electron chi connectivity index (χ3n) is 4.22. The molecule has 1 N–H and O–H groups in total. The second-order valence-electron chi connectivity index (χ2n) is 6.12. The van der Waals surface area contributed by atoms with Gasteiger partial charge in [-0.3, -0.25) is 9.78 Å². The molecular weight excluding hydrogens is 318 g/mol. The minimum atomic E-state index is -0.589. The van der Waals surface area contributed by atoms with Crippen LogP contribution in [0, 0.1) is 0 Å². The second-order valence-corrected chi connectivity index (χ2v) is 6.12. The smallest absolute Gasteiger partial charge is 0.248 e. The van der Waals surface area contributed by atoms with Crippen LogP contribution in [-0.2, 0) is 16.1 Å². The van der Waals surface area contributed by atoms with Crippen LogP contribution in [0.1, 0.15) is 5.56 Å². The maximum Gasteiger partial charge on any atom is 0.248 e. The molecule has 6 heteroatoms. The molecule has 0 bridgehead atoms. The first-order valence-corrected chi connectivity index (χ1v) is 8.45. The average Bonchev–Trinajstić information content (AvgIpc) is 2.85. The van der Waals surface area contributed by atoms with Crippen LogP contribution in [0.25, 0.3) is 0 Å². The maximum atomic E-state index is 12.4. The summed E-state index contributed by atoms with van der Waals surface area (Å²) in [5.74, 6) is -0.0911. The van der Waals surface area contributed by atoms with Crippen molar-refractivity contribution in [1.29, 1.82) is 0 Å². The Hall–Kier alpha value is -2.44. The lowest BCUT2D eigenvalue weighted by Gasteiger charge is -2.23. The Morgan fingerprint density at radius 2 is 1.88 bits per heavy atom. The van der Waals surface area contributed by atoms with Crippen LogP contribution < -0.4 is 4.90 Å². The SMILES string of the molecule is O=C(COCc1ccccc1)N1CCN(c2ccncc2)C[C@@H](O)C1. The number of amides is 1. The lowest BCUT2D eigenvalue weighted by Crippen LogP contribution is -2.39. The number of carbonyl (C=O) groups excluding carboxylic acids is 1. The number of benzene rings is 1. The lowest BCUT2D eigenvalue weighted by atomic mass is 10.2. The fourth-order valence-corrected chi connectivity index (χ4v) is 2.93. The minimum absolute atomic E-state index is 0.0247. The average molecular weight is 341 g/mol.